The zero-order valence-corrected chi connectivity index (χ0v) is 10.8. The Hall–Kier alpha value is -1.84. The van der Waals surface area contributed by atoms with Gasteiger partial charge in [-0.1, -0.05) is 51.1 Å². The SMILES string of the molecule is CC(C)(C)C(=O)N1C(=O)OCC1c1ccccc1. The van der Waals surface area contributed by atoms with E-state index in [9.17, 15) is 9.59 Å². The van der Waals surface area contributed by atoms with Crippen LogP contribution in [0.15, 0.2) is 30.3 Å². The van der Waals surface area contributed by atoms with Crippen LogP contribution in [-0.2, 0) is 9.53 Å². The highest BCUT2D eigenvalue weighted by atomic mass is 16.6. The zero-order chi connectivity index (χ0) is 13.3. The fourth-order valence-corrected chi connectivity index (χ4v) is 1.93. The van der Waals surface area contributed by atoms with Crippen molar-refractivity contribution in [1.82, 2.24) is 4.90 Å². The van der Waals surface area contributed by atoms with Gasteiger partial charge in [-0.15, -0.1) is 0 Å². The second-order valence-electron chi connectivity index (χ2n) is 5.43. The molecule has 0 N–H and O–H groups in total. The minimum absolute atomic E-state index is 0.209. The van der Waals surface area contributed by atoms with Crippen molar-refractivity contribution in [2.24, 2.45) is 5.41 Å². The van der Waals surface area contributed by atoms with E-state index in [-0.39, 0.29) is 18.6 Å². The van der Waals surface area contributed by atoms with Gasteiger partial charge in [0.25, 0.3) is 0 Å². The Kier molecular flexibility index (Phi) is 3.11. The van der Waals surface area contributed by atoms with Gasteiger partial charge in [-0.2, -0.15) is 0 Å². The van der Waals surface area contributed by atoms with Crippen molar-refractivity contribution >= 4 is 12.0 Å². The number of carbonyl (C=O) groups is 2. The molecule has 1 unspecified atom stereocenters. The Morgan fingerprint density at radius 2 is 1.89 bits per heavy atom. The summed E-state index contributed by atoms with van der Waals surface area (Å²) in [4.78, 5) is 25.2. The normalized spacial score (nSPS) is 19.8. The average molecular weight is 247 g/mol. The maximum absolute atomic E-state index is 12.3. The molecule has 1 aliphatic heterocycles. The number of hydrogen-bond donors (Lipinski definition) is 0. The largest absolute Gasteiger partial charge is 0.446 e. The van der Waals surface area contributed by atoms with Crippen molar-refractivity contribution in [3.05, 3.63) is 35.9 Å². The molecular formula is C14H17NO3. The van der Waals surface area contributed by atoms with Gasteiger partial charge < -0.3 is 4.74 Å². The summed E-state index contributed by atoms with van der Waals surface area (Å²) < 4.78 is 5.01. The van der Waals surface area contributed by atoms with Gasteiger partial charge in [0, 0.05) is 5.41 Å². The molecule has 1 aromatic rings. The molecule has 0 radical (unpaired) electrons. The number of carbonyl (C=O) groups excluding carboxylic acids is 2. The number of hydrogen-bond acceptors (Lipinski definition) is 3. The lowest BCUT2D eigenvalue weighted by atomic mass is 9.93. The number of nitrogens with zero attached hydrogens (tertiary/aromatic N) is 1. The van der Waals surface area contributed by atoms with E-state index in [0.29, 0.717) is 0 Å². The van der Waals surface area contributed by atoms with Gasteiger partial charge in [0.1, 0.15) is 12.6 Å². The molecule has 1 aliphatic rings. The van der Waals surface area contributed by atoms with Gasteiger partial charge in [0.15, 0.2) is 0 Å². The first-order valence-electron chi connectivity index (χ1n) is 5.96. The standard InChI is InChI=1S/C14H17NO3/c1-14(2,3)12(16)15-11(9-18-13(15)17)10-7-5-4-6-8-10/h4-8,11H,9H2,1-3H3. The van der Waals surface area contributed by atoms with E-state index in [1.807, 2.05) is 30.3 Å². The van der Waals surface area contributed by atoms with Crippen LogP contribution in [0.3, 0.4) is 0 Å². The second kappa shape index (κ2) is 4.44. The van der Waals surface area contributed by atoms with E-state index in [1.165, 1.54) is 4.90 Å². The Morgan fingerprint density at radius 1 is 1.28 bits per heavy atom. The highest BCUT2D eigenvalue weighted by Gasteiger charge is 2.42. The third-order valence-corrected chi connectivity index (χ3v) is 2.92. The first-order valence-corrected chi connectivity index (χ1v) is 5.96. The fourth-order valence-electron chi connectivity index (χ4n) is 1.93. The Balaban J connectivity index is 2.32. The van der Waals surface area contributed by atoms with E-state index in [0.717, 1.165) is 5.56 Å². The van der Waals surface area contributed by atoms with Crippen molar-refractivity contribution in [2.45, 2.75) is 26.8 Å². The van der Waals surface area contributed by atoms with Crippen LogP contribution >= 0.6 is 0 Å². The maximum atomic E-state index is 12.3. The minimum atomic E-state index is -0.601. The summed E-state index contributed by atoms with van der Waals surface area (Å²) in [7, 11) is 0. The highest BCUT2D eigenvalue weighted by molar-refractivity contribution is 5.96. The maximum Gasteiger partial charge on any atom is 0.417 e. The lowest BCUT2D eigenvalue weighted by molar-refractivity contribution is -0.137. The van der Waals surface area contributed by atoms with Gasteiger partial charge in [-0.25, -0.2) is 9.69 Å². The summed E-state index contributed by atoms with van der Waals surface area (Å²) in [5.41, 5.74) is 0.317. The van der Waals surface area contributed by atoms with Crippen LogP contribution in [0.5, 0.6) is 0 Å². The highest BCUT2D eigenvalue weighted by Crippen LogP contribution is 2.31. The Bertz CT molecular complexity index is 462. The molecule has 0 bridgehead atoms. The summed E-state index contributed by atoms with van der Waals surface area (Å²) in [6.07, 6.45) is -0.552. The van der Waals surface area contributed by atoms with Crippen LogP contribution in [0.2, 0.25) is 0 Å². The lowest BCUT2D eigenvalue weighted by Crippen LogP contribution is -2.41. The minimum Gasteiger partial charge on any atom is -0.446 e. The molecule has 1 aromatic carbocycles. The molecule has 0 saturated carbocycles. The lowest BCUT2D eigenvalue weighted by Gasteiger charge is -2.26. The van der Waals surface area contributed by atoms with Crippen molar-refractivity contribution in [3.63, 3.8) is 0 Å². The van der Waals surface area contributed by atoms with Gasteiger partial charge in [0.05, 0.1) is 0 Å². The zero-order valence-electron chi connectivity index (χ0n) is 10.8. The number of rotatable bonds is 1. The molecule has 0 aliphatic carbocycles. The molecule has 2 amide bonds. The summed E-state index contributed by atoms with van der Waals surface area (Å²) >= 11 is 0. The van der Waals surface area contributed by atoms with Gasteiger partial charge in [-0.3, -0.25) is 4.79 Å². The second-order valence-corrected chi connectivity index (χ2v) is 5.43. The average Bonchev–Trinajstić information content (AvgIpc) is 2.70. The first kappa shape index (κ1) is 12.6. The van der Waals surface area contributed by atoms with E-state index < -0.39 is 11.5 Å². The number of imide groups is 1. The van der Waals surface area contributed by atoms with Crippen LogP contribution in [0, 0.1) is 5.41 Å². The summed E-state index contributed by atoms with van der Waals surface area (Å²) in [5.74, 6) is -0.209. The third kappa shape index (κ3) is 2.23. The van der Waals surface area contributed by atoms with Crippen molar-refractivity contribution in [3.8, 4) is 0 Å². The smallest absolute Gasteiger partial charge is 0.417 e. The van der Waals surface area contributed by atoms with Crippen molar-refractivity contribution < 1.29 is 14.3 Å². The van der Waals surface area contributed by atoms with Crippen LogP contribution in [0.4, 0.5) is 4.79 Å². The van der Waals surface area contributed by atoms with Gasteiger partial charge in [-0.05, 0) is 5.56 Å². The molecule has 1 heterocycles. The molecule has 1 saturated heterocycles. The van der Waals surface area contributed by atoms with Crippen LogP contribution in [0.1, 0.15) is 32.4 Å². The molecule has 4 nitrogen and oxygen atoms in total. The summed E-state index contributed by atoms with van der Waals surface area (Å²) in [6.45, 7) is 5.61. The number of ether oxygens (including phenoxy) is 1. The molecular weight excluding hydrogens is 230 g/mol. The Morgan fingerprint density at radius 3 is 2.44 bits per heavy atom. The molecule has 1 atom stereocenters. The van der Waals surface area contributed by atoms with Gasteiger partial charge in [0.2, 0.25) is 5.91 Å². The number of amides is 2. The molecule has 96 valence electrons. The fraction of sp³-hybridized carbons (Fsp3) is 0.429. The van der Waals surface area contributed by atoms with E-state index >= 15 is 0 Å². The van der Waals surface area contributed by atoms with Crippen molar-refractivity contribution in [1.29, 1.82) is 0 Å². The summed E-state index contributed by atoms with van der Waals surface area (Å²) in [5, 5.41) is 0. The van der Waals surface area contributed by atoms with Crippen LogP contribution in [0.25, 0.3) is 0 Å². The monoisotopic (exact) mass is 247 g/mol. The third-order valence-electron chi connectivity index (χ3n) is 2.92. The molecule has 4 heteroatoms. The number of benzene rings is 1. The molecule has 18 heavy (non-hydrogen) atoms. The predicted octanol–water partition coefficient (Wildman–Crippen LogP) is 2.75. The first-order chi connectivity index (χ1) is 8.41. The molecule has 1 fully saturated rings. The van der Waals surface area contributed by atoms with E-state index in [2.05, 4.69) is 0 Å². The topological polar surface area (TPSA) is 46.6 Å². The Labute approximate surface area is 107 Å². The predicted molar refractivity (Wildman–Crippen MR) is 66.8 cm³/mol. The van der Waals surface area contributed by atoms with E-state index in [4.69, 9.17) is 4.74 Å². The molecule has 0 spiro atoms. The van der Waals surface area contributed by atoms with E-state index in [1.54, 1.807) is 20.8 Å². The van der Waals surface area contributed by atoms with Gasteiger partial charge >= 0.3 is 6.09 Å². The van der Waals surface area contributed by atoms with Crippen molar-refractivity contribution in [2.75, 3.05) is 6.61 Å². The van der Waals surface area contributed by atoms with Crippen LogP contribution < -0.4 is 0 Å². The summed E-state index contributed by atoms with van der Waals surface area (Å²) in [6, 6.07) is 9.16. The molecule has 2 rings (SSSR count). The number of cyclic esters (lactones) is 1. The molecule has 0 aromatic heterocycles. The quantitative estimate of drug-likeness (QED) is 0.766. The van der Waals surface area contributed by atoms with Crippen LogP contribution in [-0.4, -0.2) is 23.5 Å².